The lowest BCUT2D eigenvalue weighted by Gasteiger charge is -2.22. The standard InChI is InChI=1S/C12H14F3N/c1-3-11(2)7-16-10-5-4-8(6-9(10)11)12(13,14)15/h4-6,16H,3,7H2,1-2H3. The molecule has 0 bridgehead atoms. The fourth-order valence-corrected chi connectivity index (χ4v) is 2.08. The third-order valence-electron chi connectivity index (χ3n) is 3.45. The Kier molecular flexibility index (Phi) is 2.40. The van der Waals surface area contributed by atoms with Crippen molar-refractivity contribution in [3.8, 4) is 0 Å². The summed E-state index contributed by atoms with van der Waals surface area (Å²) in [6, 6.07) is 3.94. The number of halogens is 3. The van der Waals surface area contributed by atoms with Crippen molar-refractivity contribution in [1.82, 2.24) is 0 Å². The highest BCUT2D eigenvalue weighted by molar-refractivity contribution is 5.61. The smallest absolute Gasteiger partial charge is 0.384 e. The zero-order chi connectivity index (χ0) is 12.0. The van der Waals surface area contributed by atoms with Gasteiger partial charge in [0.15, 0.2) is 0 Å². The zero-order valence-corrected chi connectivity index (χ0v) is 9.28. The summed E-state index contributed by atoms with van der Waals surface area (Å²) in [5.41, 5.74) is 0.869. The number of rotatable bonds is 1. The summed E-state index contributed by atoms with van der Waals surface area (Å²) >= 11 is 0. The van der Waals surface area contributed by atoms with Crippen LogP contribution in [0.3, 0.4) is 0 Å². The molecule has 1 nitrogen and oxygen atoms in total. The van der Waals surface area contributed by atoms with E-state index in [-0.39, 0.29) is 5.41 Å². The molecule has 1 unspecified atom stereocenters. The first-order valence-corrected chi connectivity index (χ1v) is 5.32. The van der Waals surface area contributed by atoms with Crippen molar-refractivity contribution < 1.29 is 13.2 Å². The monoisotopic (exact) mass is 229 g/mol. The van der Waals surface area contributed by atoms with Crippen molar-refractivity contribution in [2.45, 2.75) is 31.9 Å². The van der Waals surface area contributed by atoms with Gasteiger partial charge >= 0.3 is 6.18 Å². The highest BCUT2D eigenvalue weighted by Gasteiger charge is 2.37. The minimum Gasteiger partial charge on any atom is -0.384 e. The fourth-order valence-electron chi connectivity index (χ4n) is 2.08. The molecular weight excluding hydrogens is 215 g/mol. The highest BCUT2D eigenvalue weighted by atomic mass is 19.4. The number of fused-ring (bicyclic) bond motifs is 1. The third kappa shape index (κ3) is 1.66. The van der Waals surface area contributed by atoms with Crippen LogP contribution >= 0.6 is 0 Å². The normalized spacial score (nSPS) is 24.1. The average Bonchev–Trinajstić information content (AvgIpc) is 2.56. The molecule has 1 heterocycles. The van der Waals surface area contributed by atoms with Crippen molar-refractivity contribution in [3.05, 3.63) is 29.3 Å². The van der Waals surface area contributed by atoms with Crippen molar-refractivity contribution in [2.24, 2.45) is 0 Å². The Morgan fingerprint density at radius 1 is 1.38 bits per heavy atom. The van der Waals surface area contributed by atoms with Crippen LogP contribution in [0.4, 0.5) is 18.9 Å². The van der Waals surface area contributed by atoms with E-state index in [1.165, 1.54) is 12.1 Å². The van der Waals surface area contributed by atoms with Crippen LogP contribution < -0.4 is 5.32 Å². The van der Waals surface area contributed by atoms with E-state index in [9.17, 15) is 13.2 Å². The van der Waals surface area contributed by atoms with E-state index < -0.39 is 11.7 Å². The molecule has 4 heteroatoms. The summed E-state index contributed by atoms with van der Waals surface area (Å²) in [5, 5.41) is 3.15. The molecule has 0 spiro atoms. The minimum absolute atomic E-state index is 0.184. The molecule has 0 amide bonds. The van der Waals surface area contributed by atoms with E-state index in [0.29, 0.717) is 6.54 Å². The fraction of sp³-hybridized carbons (Fsp3) is 0.500. The van der Waals surface area contributed by atoms with E-state index >= 15 is 0 Å². The Bertz CT molecular complexity index is 411. The number of nitrogens with one attached hydrogen (secondary N) is 1. The second-order valence-corrected chi connectivity index (χ2v) is 4.53. The van der Waals surface area contributed by atoms with Gasteiger partial charge in [0.05, 0.1) is 5.56 Å². The molecule has 1 atom stereocenters. The van der Waals surface area contributed by atoms with Gasteiger partial charge in [-0.3, -0.25) is 0 Å². The predicted molar refractivity (Wildman–Crippen MR) is 57.6 cm³/mol. The van der Waals surface area contributed by atoms with Gasteiger partial charge in [-0.25, -0.2) is 0 Å². The molecular formula is C12H14F3N. The van der Waals surface area contributed by atoms with Crippen LogP contribution in [0.5, 0.6) is 0 Å². The first kappa shape index (κ1) is 11.3. The van der Waals surface area contributed by atoms with Crippen LogP contribution in [-0.2, 0) is 11.6 Å². The first-order valence-electron chi connectivity index (χ1n) is 5.32. The summed E-state index contributed by atoms with van der Waals surface area (Å²) < 4.78 is 37.8. The van der Waals surface area contributed by atoms with Crippen LogP contribution in [0.25, 0.3) is 0 Å². The van der Waals surface area contributed by atoms with E-state index in [1.807, 2.05) is 13.8 Å². The largest absolute Gasteiger partial charge is 0.416 e. The second-order valence-electron chi connectivity index (χ2n) is 4.53. The maximum absolute atomic E-state index is 12.6. The molecule has 1 aliphatic heterocycles. The van der Waals surface area contributed by atoms with Gasteiger partial charge in [-0.2, -0.15) is 13.2 Å². The summed E-state index contributed by atoms with van der Waals surface area (Å²) in [6.07, 6.45) is -3.43. The van der Waals surface area contributed by atoms with Crippen molar-refractivity contribution in [2.75, 3.05) is 11.9 Å². The third-order valence-corrected chi connectivity index (χ3v) is 3.45. The van der Waals surface area contributed by atoms with Gasteiger partial charge < -0.3 is 5.32 Å². The molecule has 0 fully saturated rings. The molecule has 1 aliphatic rings. The van der Waals surface area contributed by atoms with E-state index in [0.717, 1.165) is 23.7 Å². The number of hydrogen-bond donors (Lipinski definition) is 1. The molecule has 1 N–H and O–H groups in total. The van der Waals surface area contributed by atoms with Gasteiger partial charge in [-0.15, -0.1) is 0 Å². The van der Waals surface area contributed by atoms with E-state index in [2.05, 4.69) is 5.32 Å². The molecule has 0 saturated heterocycles. The predicted octanol–water partition coefficient (Wildman–Crippen LogP) is 3.80. The Morgan fingerprint density at radius 3 is 2.62 bits per heavy atom. The van der Waals surface area contributed by atoms with Gasteiger partial charge in [-0.1, -0.05) is 13.8 Å². The van der Waals surface area contributed by atoms with Crippen LogP contribution in [-0.4, -0.2) is 6.54 Å². The lowest BCUT2D eigenvalue weighted by molar-refractivity contribution is -0.137. The number of benzene rings is 1. The quantitative estimate of drug-likeness (QED) is 0.772. The Labute approximate surface area is 92.7 Å². The molecule has 88 valence electrons. The summed E-state index contributed by atoms with van der Waals surface area (Å²) in [6.45, 7) is 4.70. The Hall–Kier alpha value is -1.19. The van der Waals surface area contributed by atoms with Gasteiger partial charge in [0, 0.05) is 17.6 Å². The van der Waals surface area contributed by atoms with Gasteiger partial charge in [-0.05, 0) is 30.2 Å². The van der Waals surface area contributed by atoms with Crippen molar-refractivity contribution in [1.29, 1.82) is 0 Å². The van der Waals surface area contributed by atoms with Crippen molar-refractivity contribution in [3.63, 3.8) is 0 Å². The maximum atomic E-state index is 12.6. The number of alkyl halides is 3. The number of anilines is 1. The van der Waals surface area contributed by atoms with Crippen LogP contribution in [0.15, 0.2) is 18.2 Å². The molecule has 1 aromatic rings. The topological polar surface area (TPSA) is 12.0 Å². The first-order chi connectivity index (χ1) is 7.37. The van der Waals surface area contributed by atoms with Crippen LogP contribution in [0.1, 0.15) is 31.4 Å². The molecule has 0 radical (unpaired) electrons. The van der Waals surface area contributed by atoms with Gasteiger partial charge in [0.25, 0.3) is 0 Å². The zero-order valence-electron chi connectivity index (χ0n) is 9.28. The van der Waals surface area contributed by atoms with Gasteiger partial charge in [0.1, 0.15) is 0 Å². The number of hydrogen-bond acceptors (Lipinski definition) is 1. The van der Waals surface area contributed by atoms with Crippen LogP contribution in [0, 0.1) is 0 Å². The van der Waals surface area contributed by atoms with Gasteiger partial charge in [0.2, 0.25) is 0 Å². The van der Waals surface area contributed by atoms with E-state index in [4.69, 9.17) is 0 Å². The Morgan fingerprint density at radius 2 is 2.06 bits per heavy atom. The average molecular weight is 229 g/mol. The maximum Gasteiger partial charge on any atom is 0.416 e. The summed E-state index contributed by atoms with van der Waals surface area (Å²) in [5.74, 6) is 0. The molecule has 0 aromatic heterocycles. The highest BCUT2D eigenvalue weighted by Crippen LogP contribution is 2.41. The lowest BCUT2D eigenvalue weighted by Crippen LogP contribution is -2.23. The molecule has 2 rings (SSSR count). The van der Waals surface area contributed by atoms with E-state index in [1.54, 1.807) is 0 Å². The molecule has 16 heavy (non-hydrogen) atoms. The van der Waals surface area contributed by atoms with Crippen LogP contribution in [0.2, 0.25) is 0 Å². The SMILES string of the molecule is CCC1(C)CNc2ccc(C(F)(F)F)cc21. The molecule has 0 saturated carbocycles. The minimum atomic E-state index is -4.26. The Balaban J connectivity index is 2.50. The molecule has 0 aliphatic carbocycles. The second kappa shape index (κ2) is 3.40. The summed E-state index contributed by atoms with van der Waals surface area (Å²) in [4.78, 5) is 0. The van der Waals surface area contributed by atoms with Crippen molar-refractivity contribution >= 4 is 5.69 Å². The lowest BCUT2D eigenvalue weighted by atomic mass is 9.81. The summed E-state index contributed by atoms with van der Waals surface area (Å²) in [7, 11) is 0. The molecule has 1 aromatic carbocycles.